The quantitative estimate of drug-likeness (QED) is 0.833. The second kappa shape index (κ2) is 3.38. The van der Waals surface area contributed by atoms with Gasteiger partial charge in [-0.15, -0.1) is 0 Å². The van der Waals surface area contributed by atoms with Crippen LogP contribution < -0.4 is 0 Å². The molecular formula is C9H11BrN2O2. The van der Waals surface area contributed by atoms with Gasteiger partial charge >= 0.3 is 5.97 Å². The van der Waals surface area contributed by atoms with Crippen LogP contribution in [0.2, 0.25) is 0 Å². The van der Waals surface area contributed by atoms with E-state index in [9.17, 15) is 4.79 Å². The van der Waals surface area contributed by atoms with Crippen molar-refractivity contribution in [3.63, 3.8) is 0 Å². The zero-order chi connectivity index (χ0) is 10.3. The average Bonchev–Trinajstić information content (AvgIpc) is 2.42. The first-order valence-electron chi connectivity index (χ1n) is 4.54. The summed E-state index contributed by atoms with van der Waals surface area (Å²) in [5.41, 5.74) is 0.936. The van der Waals surface area contributed by atoms with Gasteiger partial charge in [0, 0.05) is 13.0 Å². The monoisotopic (exact) mass is 258 g/mol. The van der Waals surface area contributed by atoms with E-state index in [4.69, 9.17) is 5.11 Å². The van der Waals surface area contributed by atoms with E-state index in [1.807, 2.05) is 6.92 Å². The summed E-state index contributed by atoms with van der Waals surface area (Å²) in [5.74, 6) is -0.0998. The number of hydrogen-bond donors (Lipinski definition) is 1. The molecule has 0 amide bonds. The molecule has 1 aromatic heterocycles. The summed E-state index contributed by atoms with van der Waals surface area (Å²) < 4.78 is 3.03. The van der Waals surface area contributed by atoms with Crippen molar-refractivity contribution in [2.45, 2.75) is 26.3 Å². The first-order valence-corrected chi connectivity index (χ1v) is 5.33. The fourth-order valence-electron chi connectivity index (χ4n) is 1.81. The molecule has 0 fully saturated rings. The number of halogens is 1. The van der Waals surface area contributed by atoms with Crippen LogP contribution in [0.3, 0.4) is 0 Å². The van der Waals surface area contributed by atoms with Crippen molar-refractivity contribution in [2.24, 2.45) is 5.92 Å². The molecular weight excluding hydrogens is 248 g/mol. The zero-order valence-corrected chi connectivity index (χ0v) is 9.41. The van der Waals surface area contributed by atoms with Crippen LogP contribution in [0, 0.1) is 12.8 Å². The zero-order valence-electron chi connectivity index (χ0n) is 7.83. The van der Waals surface area contributed by atoms with Crippen molar-refractivity contribution >= 4 is 21.9 Å². The summed E-state index contributed by atoms with van der Waals surface area (Å²) in [6.45, 7) is 2.67. The number of carbonyl (C=O) groups is 1. The number of imidazole rings is 1. The molecule has 1 aliphatic rings. The Kier molecular flexibility index (Phi) is 2.34. The molecule has 5 heteroatoms. The predicted molar refractivity (Wildman–Crippen MR) is 54.1 cm³/mol. The van der Waals surface area contributed by atoms with Gasteiger partial charge in [-0.05, 0) is 29.3 Å². The molecule has 1 N–H and O–H groups in total. The normalized spacial score (nSPS) is 20.6. The fraction of sp³-hybridized carbons (Fsp3) is 0.556. The third-order valence-corrected chi connectivity index (χ3v) is 3.63. The average molecular weight is 259 g/mol. The van der Waals surface area contributed by atoms with Gasteiger partial charge in [0.15, 0.2) is 0 Å². The van der Waals surface area contributed by atoms with Crippen LogP contribution in [0.1, 0.15) is 17.9 Å². The molecule has 4 nitrogen and oxygen atoms in total. The molecule has 0 radical (unpaired) electrons. The maximum Gasteiger partial charge on any atom is 0.307 e. The highest BCUT2D eigenvalue weighted by molar-refractivity contribution is 9.10. The van der Waals surface area contributed by atoms with E-state index in [-0.39, 0.29) is 5.92 Å². The molecule has 14 heavy (non-hydrogen) atoms. The molecule has 0 aliphatic carbocycles. The molecule has 2 heterocycles. The van der Waals surface area contributed by atoms with Crippen LogP contribution in [-0.4, -0.2) is 20.6 Å². The third-order valence-electron chi connectivity index (χ3n) is 2.62. The number of fused-ring (bicyclic) bond motifs is 1. The highest BCUT2D eigenvalue weighted by Crippen LogP contribution is 2.26. The van der Waals surface area contributed by atoms with Crippen LogP contribution >= 0.6 is 15.9 Å². The first kappa shape index (κ1) is 9.71. The molecule has 0 spiro atoms. The SMILES string of the molecule is Cc1nc2n(c1Br)CCC(C(=O)O)C2. The van der Waals surface area contributed by atoms with Crippen molar-refractivity contribution < 1.29 is 9.90 Å². The lowest BCUT2D eigenvalue weighted by molar-refractivity contribution is -0.142. The van der Waals surface area contributed by atoms with Crippen molar-refractivity contribution in [1.29, 1.82) is 0 Å². The molecule has 76 valence electrons. The van der Waals surface area contributed by atoms with Gasteiger partial charge in [0.1, 0.15) is 10.4 Å². The number of aryl methyl sites for hydroxylation is 1. The molecule has 0 bridgehead atoms. The maximum atomic E-state index is 10.8. The van der Waals surface area contributed by atoms with Crippen molar-refractivity contribution in [2.75, 3.05) is 0 Å². The molecule has 1 aromatic rings. The molecule has 1 atom stereocenters. The molecule has 2 rings (SSSR count). The van der Waals surface area contributed by atoms with Crippen LogP contribution in [0.15, 0.2) is 4.60 Å². The van der Waals surface area contributed by atoms with E-state index in [1.165, 1.54) is 0 Å². The summed E-state index contributed by atoms with van der Waals surface area (Å²) in [6.07, 6.45) is 1.23. The van der Waals surface area contributed by atoms with E-state index in [0.717, 1.165) is 22.7 Å². The minimum absolute atomic E-state index is 0.267. The number of nitrogens with zero attached hydrogens (tertiary/aromatic N) is 2. The summed E-state index contributed by atoms with van der Waals surface area (Å²) in [4.78, 5) is 15.1. The van der Waals surface area contributed by atoms with Gasteiger partial charge in [-0.1, -0.05) is 0 Å². The second-order valence-corrected chi connectivity index (χ2v) is 4.33. The smallest absolute Gasteiger partial charge is 0.307 e. The Hall–Kier alpha value is -0.840. The largest absolute Gasteiger partial charge is 0.481 e. The van der Waals surface area contributed by atoms with Crippen molar-refractivity contribution in [3.8, 4) is 0 Å². The number of aliphatic carboxylic acids is 1. The number of aromatic nitrogens is 2. The maximum absolute atomic E-state index is 10.8. The standard InChI is InChI=1S/C9H11BrN2O2/c1-5-8(10)12-3-2-6(9(13)14)4-7(12)11-5/h6H,2-4H2,1H3,(H,13,14). The third kappa shape index (κ3) is 1.45. The van der Waals surface area contributed by atoms with Crippen LogP contribution in [0.25, 0.3) is 0 Å². The fourth-order valence-corrected chi connectivity index (χ4v) is 2.28. The minimum Gasteiger partial charge on any atom is -0.481 e. The highest BCUT2D eigenvalue weighted by atomic mass is 79.9. The summed E-state index contributed by atoms with van der Waals surface area (Å²) in [5, 5.41) is 8.89. The summed E-state index contributed by atoms with van der Waals surface area (Å²) in [7, 11) is 0. The highest BCUT2D eigenvalue weighted by Gasteiger charge is 2.27. The lowest BCUT2D eigenvalue weighted by Gasteiger charge is -2.20. The van der Waals surface area contributed by atoms with Gasteiger partial charge in [-0.25, -0.2) is 4.98 Å². The Morgan fingerprint density at radius 2 is 2.43 bits per heavy atom. The van der Waals surface area contributed by atoms with E-state index < -0.39 is 5.97 Å². The predicted octanol–water partition coefficient (Wildman–Crippen LogP) is 1.60. The van der Waals surface area contributed by atoms with E-state index in [1.54, 1.807) is 0 Å². The van der Waals surface area contributed by atoms with E-state index in [2.05, 4.69) is 25.5 Å². The topological polar surface area (TPSA) is 55.1 Å². The van der Waals surface area contributed by atoms with Crippen molar-refractivity contribution in [3.05, 3.63) is 16.1 Å². The lowest BCUT2D eigenvalue weighted by atomic mass is 9.98. The van der Waals surface area contributed by atoms with Crippen molar-refractivity contribution in [1.82, 2.24) is 9.55 Å². The molecule has 0 saturated heterocycles. The Morgan fingerprint density at radius 1 is 1.71 bits per heavy atom. The second-order valence-electron chi connectivity index (χ2n) is 3.58. The van der Waals surface area contributed by atoms with Gasteiger partial charge < -0.3 is 9.67 Å². The molecule has 0 aromatic carbocycles. The number of carboxylic acids is 1. The Labute approximate surface area is 90.1 Å². The Morgan fingerprint density at radius 3 is 3.07 bits per heavy atom. The Bertz CT molecular complexity index is 386. The van der Waals surface area contributed by atoms with Crippen LogP contribution in [0.4, 0.5) is 0 Å². The van der Waals surface area contributed by atoms with Gasteiger partial charge in [-0.3, -0.25) is 4.79 Å². The van der Waals surface area contributed by atoms with Crippen LogP contribution in [0.5, 0.6) is 0 Å². The molecule has 0 saturated carbocycles. The summed E-state index contributed by atoms with van der Waals surface area (Å²) >= 11 is 3.45. The van der Waals surface area contributed by atoms with Crippen LogP contribution in [-0.2, 0) is 17.8 Å². The van der Waals surface area contributed by atoms with E-state index >= 15 is 0 Å². The lowest BCUT2D eigenvalue weighted by Crippen LogP contribution is -2.25. The van der Waals surface area contributed by atoms with Gasteiger partial charge in [0.2, 0.25) is 0 Å². The Balaban J connectivity index is 2.31. The minimum atomic E-state index is -0.715. The number of rotatable bonds is 1. The summed E-state index contributed by atoms with van der Waals surface area (Å²) in [6, 6.07) is 0. The molecule has 1 unspecified atom stereocenters. The number of carboxylic acid groups (broad SMARTS) is 1. The van der Waals surface area contributed by atoms with Gasteiger partial charge in [0.25, 0.3) is 0 Å². The first-order chi connectivity index (χ1) is 6.59. The molecule has 1 aliphatic heterocycles. The van der Waals surface area contributed by atoms with Gasteiger partial charge in [0.05, 0.1) is 11.6 Å². The number of hydrogen-bond acceptors (Lipinski definition) is 2. The van der Waals surface area contributed by atoms with Gasteiger partial charge in [-0.2, -0.15) is 0 Å². The van der Waals surface area contributed by atoms with E-state index in [0.29, 0.717) is 12.8 Å².